The van der Waals surface area contributed by atoms with Gasteiger partial charge < -0.3 is 15.0 Å². The molecule has 0 saturated heterocycles. The average Bonchev–Trinajstić information content (AvgIpc) is 2.76. The van der Waals surface area contributed by atoms with Crippen LogP contribution in [-0.4, -0.2) is 33.3 Å². The zero-order chi connectivity index (χ0) is 14.2. The van der Waals surface area contributed by atoms with E-state index in [-0.39, 0.29) is 0 Å². The smallest absolute Gasteiger partial charge is 0.142 e. The number of likely N-dealkylation sites (N-methyl/N-ethyl adjacent to an activating group) is 1. The lowest BCUT2D eigenvalue weighted by Gasteiger charge is -2.23. The summed E-state index contributed by atoms with van der Waals surface area (Å²) in [4.78, 5) is 2.27. The maximum atomic E-state index is 5.42. The molecular formula is C17H28N2O. The lowest BCUT2D eigenvalue weighted by Crippen LogP contribution is -2.35. The summed E-state index contributed by atoms with van der Waals surface area (Å²) in [6.07, 6.45) is 8.30. The van der Waals surface area contributed by atoms with Crippen molar-refractivity contribution in [2.75, 3.05) is 32.1 Å². The number of hydrogen-bond donors (Lipinski definition) is 1. The van der Waals surface area contributed by atoms with Crippen molar-refractivity contribution >= 4 is 5.69 Å². The molecule has 1 N–H and O–H groups in total. The molecule has 0 bridgehead atoms. The molecule has 1 saturated carbocycles. The Bertz CT molecular complexity index is 386. The zero-order valence-corrected chi connectivity index (χ0v) is 12.9. The summed E-state index contributed by atoms with van der Waals surface area (Å²) in [5, 5.41) is 3.72. The number of rotatable bonds is 6. The summed E-state index contributed by atoms with van der Waals surface area (Å²) >= 11 is 0. The van der Waals surface area contributed by atoms with Gasteiger partial charge in [-0.1, -0.05) is 37.8 Å². The van der Waals surface area contributed by atoms with E-state index in [2.05, 4.69) is 29.4 Å². The van der Waals surface area contributed by atoms with E-state index in [1.54, 1.807) is 7.11 Å². The zero-order valence-electron chi connectivity index (χ0n) is 12.9. The van der Waals surface area contributed by atoms with Crippen LogP contribution in [0.4, 0.5) is 5.69 Å². The van der Waals surface area contributed by atoms with Gasteiger partial charge in [0, 0.05) is 26.2 Å². The van der Waals surface area contributed by atoms with Gasteiger partial charge in [0.1, 0.15) is 5.75 Å². The highest BCUT2D eigenvalue weighted by Gasteiger charge is 2.12. The minimum Gasteiger partial charge on any atom is -0.495 e. The second-order valence-electron chi connectivity index (χ2n) is 5.74. The highest BCUT2D eigenvalue weighted by atomic mass is 16.5. The van der Waals surface area contributed by atoms with E-state index in [1.165, 1.54) is 38.5 Å². The quantitative estimate of drug-likeness (QED) is 0.806. The summed E-state index contributed by atoms with van der Waals surface area (Å²) in [7, 11) is 3.86. The molecule has 0 radical (unpaired) electrons. The van der Waals surface area contributed by atoms with Crippen molar-refractivity contribution < 1.29 is 4.74 Å². The topological polar surface area (TPSA) is 24.5 Å². The minimum absolute atomic E-state index is 0.726. The van der Waals surface area contributed by atoms with Gasteiger partial charge in [-0.05, 0) is 25.0 Å². The largest absolute Gasteiger partial charge is 0.495 e. The van der Waals surface area contributed by atoms with Gasteiger partial charge in [-0.25, -0.2) is 0 Å². The summed E-state index contributed by atoms with van der Waals surface area (Å²) in [5.41, 5.74) is 1.16. The Hall–Kier alpha value is -1.22. The monoisotopic (exact) mass is 276 g/mol. The van der Waals surface area contributed by atoms with Crippen LogP contribution in [0.25, 0.3) is 0 Å². The van der Waals surface area contributed by atoms with E-state index in [0.29, 0.717) is 0 Å². The van der Waals surface area contributed by atoms with Crippen molar-refractivity contribution in [1.29, 1.82) is 0 Å². The molecular weight excluding hydrogens is 248 g/mol. The fourth-order valence-corrected chi connectivity index (χ4v) is 2.99. The van der Waals surface area contributed by atoms with Gasteiger partial charge in [0.15, 0.2) is 0 Å². The van der Waals surface area contributed by atoms with Gasteiger partial charge in [0.25, 0.3) is 0 Å². The van der Waals surface area contributed by atoms with Crippen LogP contribution in [0, 0.1) is 0 Å². The van der Waals surface area contributed by atoms with Crippen molar-refractivity contribution in [2.24, 2.45) is 0 Å². The van der Waals surface area contributed by atoms with Crippen LogP contribution in [-0.2, 0) is 0 Å². The molecule has 0 unspecified atom stereocenters. The first-order valence-corrected chi connectivity index (χ1v) is 7.89. The molecule has 1 aliphatic rings. The van der Waals surface area contributed by atoms with E-state index in [1.807, 2.05) is 12.1 Å². The van der Waals surface area contributed by atoms with Crippen LogP contribution < -0.4 is 15.0 Å². The van der Waals surface area contributed by atoms with Crippen LogP contribution in [0.3, 0.4) is 0 Å². The van der Waals surface area contributed by atoms with Gasteiger partial charge in [0.05, 0.1) is 12.8 Å². The summed E-state index contributed by atoms with van der Waals surface area (Å²) in [5.74, 6) is 0.949. The number of nitrogens with one attached hydrogen (secondary N) is 1. The van der Waals surface area contributed by atoms with Gasteiger partial charge in [-0.2, -0.15) is 0 Å². The molecule has 0 atom stereocenters. The molecule has 3 heteroatoms. The van der Waals surface area contributed by atoms with Crippen LogP contribution in [0.5, 0.6) is 5.75 Å². The molecule has 1 fully saturated rings. The van der Waals surface area contributed by atoms with Crippen molar-refractivity contribution in [1.82, 2.24) is 5.32 Å². The highest BCUT2D eigenvalue weighted by Crippen LogP contribution is 2.26. The second-order valence-corrected chi connectivity index (χ2v) is 5.74. The Balaban J connectivity index is 1.78. The first-order chi connectivity index (χ1) is 9.81. The lowest BCUT2D eigenvalue weighted by atomic mass is 10.1. The molecule has 20 heavy (non-hydrogen) atoms. The molecule has 0 spiro atoms. The third kappa shape index (κ3) is 4.41. The number of nitrogens with zero attached hydrogens (tertiary/aromatic N) is 1. The van der Waals surface area contributed by atoms with E-state index < -0.39 is 0 Å². The van der Waals surface area contributed by atoms with Gasteiger partial charge in [0.2, 0.25) is 0 Å². The Morgan fingerprint density at radius 3 is 2.55 bits per heavy atom. The van der Waals surface area contributed by atoms with Crippen LogP contribution in [0.2, 0.25) is 0 Å². The number of hydrogen-bond acceptors (Lipinski definition) is 3. The molecule has 1 aromatic carbocycles. The normalized spacial score (nSPS) is 16.7. The Kier molecular flexibility index (Phi) is 6.19. The predicted molar refractivity (Wildman–Crippen MR) is 85.8 cm³/mol. The first kappa shape index (κ1) is 15.2. The molecule has 0 aliphatic heterocycles. The molecule has 112 valence electrons. The number of para-hydroxylation sites is 2. The Morgan fingerprint density at radius 2 is 1.85 bits per heavy atom. The first-order valence-electron chi connectivity index (χ1n) is 7.89. The van der Waals surface area contributed by atoms with Crippen LogP contribution >= 0.6 is 0 Å². The van der Waals surface area contributed by atoms with Crippen LogP contribution in [0.15, 0.2) is 24.3 Å². The predicted octanol–water partition coefficient (Wildman–Crippen LogP) is 3.44. The molecule has 1 aliphatic carbocycles. The number of ether oxygens (including phenoxy) is 1. The van der Waals surface area contributed by atoms with E-state index >= 15 is 0 Å². The molecule has 1 aromatic rings. The lowest BCUT2D eigenvalue weighted by molar-refractivity contribution is 0.414. The Labute approximate surface area is 123 Å². The van der Waals surface area contributed by atoms with Crippen molar-refractivity contribution in [3.8, 4) is 5.75 Å². The molecule has 2 rings (SSSR count). The Morgan fingerprint density at radius 1 is 1.15 bits per heavy atom. The molecule has 0 amide bonds. The number of benzene rings is 1. The van der Waals surface area contributed by atoms with Gasteiger partial charge >= 0.3 is 0 Å². The fourth-order valence-electron chi connectivity index (χ4n) is 2.99. The number of anilines is 1. The average molecular weight is 276 g/mol. The maximum absolute atomic E-state index is 5.42. The maximum Gasteiger partial charge on any atom is 0.142 e. The van der Waals surface area contributed by atoms with E-state index in [0.717, 1.165) is 30.6 Å². The highest BCUT2D eigenvalue weighted by molar-refractivity contribution is 5.57. The van der Waals surface area contributed by atoms with E-state index in [9.17, 15) is 0 Å². The van der Waals surface area contributed by atoms with Crippen LogP contribution in [0.1, 0.15) is 38.5 Å². The number of methoxy groups -OCH3 is 1. The van der Waals surface area contributed by atoms with Crippen molar-refractivity contribution in [3.63, 3.8) is 0 Å². The summed E-state index contributed by atoms with van der Waals surface area (Å²) in [6.45, 7) is 2.05. The minimum atomic E-state index is 0.726. The SMILES string of the molecule is COc1ccccc1N(C)CCNC1CCCCCC1. The van der Waals surface area contributed by atoms with Crippen molar-refractivity contribution in [2.45, 2.75) is 44.6 Å². The molecule has 3 nitrogen and oxygen atoms in total. The van der Waals surface area contributed by atoms with Crippen molar-refractivity contribution in [3.05, 3.63) is 24.3 Å². The molecule has 0 heterocycles. The third-order valence-electron chi connectivity index (χ3n) is 4.23. The van der Waals surface area contributed by atoms with Gasteiger partial charge in [-0.15, -0.1) is 0 Å². The summed E-state index contributed by atoms with van der Waals surface area (Å²) in [6, 6.07) is 8.94. The fraction of sp³-hybridized carbons (Fsp3) is 0.647. The third-order valence-corrected chi connectivity index (χ3v) is 4.23. The standard InChI is InChI=1S/C17H28N2O/c1-19(16-11-7-8-12-17(16)20-2)14-13-18-15-9-5-3-4-6-10-15/h7-8,11-12,15,18H,3-6,9-10,13-14H2,1-2H3. The van der Waals surface area contributed by atoms with E-state index in [4.69, 9.17) is 4.74 Å². The van der Waals surface area contributed by atoms with Gasteiger partial charge in [-0.3, -0.25) is 0 Å². The molecule has 0 aromatic heterocycles. The second kappa shape index (κ2) is 8.15. The summed E-state index contributed by atoms with van der Waals surface area (Å²) < 4.78 is 5.42.